The second-order valence-electron chi connectivity index (χ2n) is 5.97. The molecule has 1 atom stereocenters. The van der Waals surface area contributed by atoms with Gasteiger partial charge in [-0.3, -0.25) is 9.78 Å². The van der Waals surface area contributed by atoms with Crippen molar-refractivity contribution in [1.82, 2.24) is 4.98 Å². The molecule has 0 bridgehead atoms. The van der Waals surface area contributed by atoms with Gasteiger partial charge in [0.15, 0.2) is 0 Å². The molecule has 2 aromatic rings. The number of carbonyl (C=O) groups excluding carboxylic acids is 1. The van der Waals surface area contributed by atoms with Crippen molar-refractivity contribution in [2.75, 3.05) is 5.32 Å². The van der Waals surface area contributed by atoms with Gasteiger partial charge >= 0.3 is 6.18 Å². The Balaban J connectivity index is 1.83. The average Bonchev–Trinajstić information content (AvgIpc) is 3.17. The maximum absolute atomic E-state index is 12.9. The summed E-state index contributed by atoms with van der Waals surface area (Å²) in [5.74, 6) is -5.08. The monoisotopic (exact) mass is 356 g/mol. The van der Waals surface area contributed by atoms with Crippen LogP contribution in [0.25, 0.3) is 11.3 Å². The molecule has 0 saturated heterocycles. The maximum atomic E-state index is 12.9. The lowest BCUT2D eigenvalue weighted by molar-refractivity contribution is -0.137. The fourth-order valence-electron chi connectivity index (χ4n) is 2.42. The molecule has 1 aliphatic rings. The van der Waals surface area contributed by atoms with Gasteiger partial charge in [-0.05, 0) is 36.8 Å². The standard InChI is InChI=1S/C17H13F5N2O/c1-9-2-4-11(24-15(25)13-7-16(13,18)19)6-12(9)14-5-3-10(8-23-14)17(20,21)22/h2-6,8,13H,7H2,1H3,(H,24,25)/t13-/m1/s1. The van der Waals surface area contributed by atoms with E-state index in [2.05, 4.69) is 10.3 Å². The minimum atomic E-state index is -4.48. The van der Waals surface area contributed by atoms with Crippen LogP contribution in [0.5, 0.6) is 0 Å². The molecular formula is C17H13F5N2O. The summed E-state index contributed by atoms with van der Waals surface area (Å²) in [4.78, 5) is 15.6. The Bertz CT molecular complexity index is 815. The largest absolute Gasteiger partial charge is 0.417 e. The van der Waals surface area contributed by atoms with Gasteiger partial charge in [-0.2, -0.15) is 13.2 Å². The van der Waals surface area contributed by atoms with Gasteiger partial charge in [-0.25, -0.2) is 8.78 Å². The predicted molar refractivity (Wildman–Crippen MR) is 81.1 cm³/mol. The number of anilines is 1. The lowest BCUT2D eigenvalue weighted by Crippen LogP contribution is -2.17. The van der Waals surface area contributed by atoms with E-state index >= 15 is 0 Å². The zero-order valence-corrected chi connectivity index (χ0v) is 13.0. The third-order valence-corrected chi connectivity index (χ3v) is 4.01. The van der Waals surface area contributed by atoms with E-state index in [-0.39, 0.29) is 5.69 Å². The first-order valence-corrected chi connectivity index (χ1v) is 7.41. The van der Waals surface area contributed by atoms with Crippen molar-refractivity contribution in [2.45, 2.75) is 25.4 Å². The molecule has 1 amide bonds. The Morgan fingerprint density at radius 3 is 2.44 bits per heavy atom. The van der Waals surface area contributed by atoms with Gasteiger partial charge in [-0.1, -0.05) is 6.07 Å². The van der Waals surface area contributed by atoms with Crippen molar-refractivity contribution in [3.05, 3.63) is 47.7 Å². The van der Waals surface area contributed by atoms with E-state index in [0.29, 0.717) is 11.3 Å². The molecule has 1 aromatic heterocycles. The van der Waals surface area contributed by atoms with Crippen LogP contribution in [0.2, 0.25) is 0 Å². The lowest BCUT2D eigenvalue weighted by atomic mass is 10.0. The number of rotatable bonds is 3. The number of hydrogen-bond acceptors (Lipinski definition) is 2. The van der Waals surface area contributed by atoms with Crippen molar-refractivity contribution < 1.29 is 26.7 Å². The minimum absolute atomic E-state index is 0.287. The van der Waals surface area contributed by atoms with Crippen molar-refractivity contribution in [3.63, 3.8) is 0 Å². The summed E-state index contributed by atoms with van der Waals surface area (Å²) >= 11 is 0. The summed E-state index contributed by atoms with van der Waals surface area (Å²) in [6.45, 7) is 1.73. The van der Waals surface area contributed by atoms with Gasteiger partial charge in [0.2, 0.25) is 5.91 Å². The molecule has 1 saturated carbocycles. The highest BCUT2D eigenvalue weighted by Gasteiger charge is 2.61. The molecule has 0 radical (unpaired) electrons. The van der Waals surface area contributed by atoms with E-state index in [4.69, 9.17) is 0 Å². The van der Waals surface area contributed by atoms with E-state index in [1.807, 2.05) is 0 Å². The van der Waals surface area contributed by atoms with Gasteiger partial charge < -0.3 is 5.32 Å². The van der Waals surface area contributed by atoms with Gasteiger partial charge in [0.1, 0.15) is 5.92 Å². The number of benzene rings is 1. The van der Waals surface area contributed by atoms with E-state index < -0.39 is 35.9 Å². The first-order valence-electron chi connectivity index (χ1n) is 7.41. The van der Waals surface area contributed by atoms with Gasteiger partial charge in [0, 0.05) is 23.9 Å². The summed E-state index contributed by atoms with van der Waals surface area (Å²) in [7, 11) is 0. The summed E-state index contributed by atoms with van der Waals surface area (Å²) in [5.41, 5.74) is 0.943. The molecule has 8 heteroatoms. The Labute approximate surface area is 139 Å². The highest BCUT2D eigenvalue weighted by molar-refractivity contribution is 5.95. The molecule has 25 heavy (non-hydrogen) atoms. The zero-order valence-electron chi connectivity index (χ0n) is 13.0. The van der Waals surface area contributed by atoms with Crippen LogP contribution in [0.3, 0.4) is 0 Å². The van der Waals surface area contributed by atoms with Crippen LogP contribution < -0.4 is 5.32 Å². The summed E-state index contributed by atoms with van der Waals surface area (Å²) in [5, 5.41) is 2.41. The first-order chi connectivity index (χ1) is 11.6. The second-order valence-corrected chi connectivity index (χ2v) is 5.97. The number of carbonyl (C=O) groups is 1. The Kier molecular flexibility index (Phi) is 4.01. The van der Waals surface area contributed by atoms with Gasteiger partial charge in [0.25, 0.3) is 5.92 Å². The minimum Gasteiger partial charge on any atom is -0.326 e. The Hall–Kier alpha value is -2.51. The van der Waals surface area contributed by atoms with Crippen molar-refractivity contribution >= 4 is 11.6 Å². The molecule has 3 nitrogen and oxygen atoms in total. The van der Waals surface area contributed by atoms with Crippen LogP contribution in [-0.4, -0.2) is 16.8 Å². The SMILES string of the molecule is Cc1ccc(NC(=O)[C@H]2CC2(F)F)cc1-c1ccc(C(F)(F)F)cn1. The molecule has 3 rings (SSSR count). The highest BCUT2D eigenvalue weighted by atomic mass is 19.4. The van der Waals surface area contributed by atoms with Crippen molar-refractivity contribution in [3.8, 4) is 11.3 Å². The van der Waals surface area contributed by atoms with Gasteiger partial charge in [0.05, 0.1) is 11.3 Å². The fourth-order valence-corrected chi connectivity index (χ4v) is 2.42. The molecule has 1 heterocycles. The van der Waals surface area contributed by atoms with E-state index in [9.17, 15) is 26.7 Å². The van der Waals surface area contributed by atoms with E-state index in [1.165, 1.54) is 12.1 Å². The van der Waals surface area contributed by atoms with E-state index in [1.54, 1.807) is 19.1 Å². The number of halogens is 5. The number of aryl methyl sites for hydroxylation is 1. The third kappa shape index (κ3) is 3.62. The van der Waals surface area contributed by atoms with Crippen molar-refractivity contribution in [2.24, 2.45) is 5.92 Å². The van der Waals surface area contributed by atoms with Crippen LogP contribution >= 0.6 is 0 Å². The fraction of sp³-hybridized carbons (Fsp3) is 0.294. The molecule has 132 valence electrons. The summed E-state index contributed by atoms with van der Waals surface area (Å²) in [6, 6.07) is 6.82. The topological polar surface area (TPSA) is 42.0 Å². The molecule has 1 aromatic carbocycles. The van der Waals surface area contributed by atoms with Crippen LogP contribution in [0, 0.1) is 12.8 Å². The van der Waals surface area contributed by atoms with Crippen LogP contribution in [0.1, 0.15) is 17.5 Å². The molecule has 0 unspecified atom stereocenters. The smallest absolute Gasteiger partial charge is 0.326 e. The quantitative estimate of drug-likeness (QED) is 0.812. The summed E-state index contributed by atoms with van der Waals surface area (Å²) in [6.07, 6.45) is -4.23. The average molecular weight is 356 g/mol. The zero-order chi connectivity index (χ0) is 18.4. The molecule has 1 fully saturated rings. The molecule has 0 spiro atoms. The number of aromatic nitrogens is 1. The molecule has 1 aliphatic carbocycles. The normalized spacial score (nSPS) is 18.7. The maximum Gasteiger partial charge on any atom is 0.417 e. The molecule has 0 aliphatic heterocycles. The van der Waals surface area contributed by atoms with Crippen molar-refractivity contribution in [1.29, 1.82) is 0 Å². The van der Waals surface area contributed by atoms with E-state index in [0.717, 1.165) is 17.8 Å². The number of alkyl halides is 5. The second kappa shape index (κ2) is 5.79. The van der Waals surface area contributed by atoms with Crippen LogP contribution in [0.15, 0.2) is 36.5 Å². The van der Waals surface area contributed by atoms with Gasteiger partial charge in [-0.15, -0.1) is 0 Å². The number of hydrogen-bond donors (Lipinski definition) is 1. The third-order valence-electron chi connectivity index (χ3n) is 4.01. The summed E-state index contributed by atoms with van der Waals surface area (Å²) < 4.78 is 63.7. The predicted octanol–water partition coefficient (Wildman–Crippen LogP) is 4.67. The Morgan fingerprint density at radius 1 is 1.24 bits per heavy atom. The highest BCUT2D eigenvalue weighted by Crippen LogP contribution is 2.49. The van der Waals surface area contributed by atoms with Crippen LogP contribution in [0.4, 0.5) is 27.6 Å². The number of nitrogens with one attached hydrogen (secondary N) is 1. The number of pyridine rings is 1. The Morgan fingerprint density at radius 2 is 1.92 bits per heavy atom. The molecule has 1 N–H and O–H groups in total. The number of nitrogens with zero attached hydrogens (tertiary/aromatic N) is 1. The molecular weight excluding hydrogens is 343 g/mol. The first kappa shape index (κ1) is 17.3. The van der Waals surface area contributed by atoms with Crippen LogP contribution in [-0.2, 0) is 11.0 Å². The lowest BCUT2D eigenvalue weighted by Gasteiger charge is -2.11. The number of amides is 1.